The van der Waals surface area contributed by atoms with Crippen LogP contribution in [0.2, 0.25) is 0 Å². The van der Waals surface area contributed by atoms with Gasteiger partial charge in [0, 0.05) is 18.5 Å². The van der Waals surface area contributed by atoms with Crippen molar-refractivity contribution in [2.75, 3.05) is 6.54 Å². The van der Waals surface area contributed by atoms with E-state index < -0.39 is 18.1 Å². The summed E-state index contributed by atoms with van der Waals surface area (Å²) in [6.45, 7) is 0.151. The molecule has 0 N–H and O–H groups in total. The fourth-order valence-electron chi connectivity index (χ4n) is 3.51. The van der Waals surface area contributed by atoms with Crippen LogP contribution >= 0.6 is 0 Å². The lowest BCUT2D eigenvalue weighted by molar-refractivity contribution is -0.189. The summed E-state index contributed by atoms with van der Waals surface area (Å²) < 4.78 is 38.1. The van der Waals surface area contributed by atoms with Crippen molar-refractivity contribution in [1.82, 2.24) is 4.90 Å². The zero-order valence-corrected chi connectivity index (χ0v) is 11.2. The third-order valence-electron chi connectivity index (χ3n) is 4.39. The molecule has 1 aromatic carbocycles. The van der Waals surface area contributed by atoms with Crippen LogP contribution in [0, 0.1) is 11.3 Å². The minimum atomic E-state index is -4.82. The Hall–Kier alpha value is -2.03. The SMILES string of the molecule is N#Cc1ccc2c(c1)C1CCCN(C(=O)C(F)(F)F)C1C2. The average molecular weight is 294 g/mol. The Morgan fingerprint density at radius 1 is 1.38 bits per heavy atom. The van der Waals surface area contributed by atoms with Gasteiger partial charge in [0.05, 0.1) is 11.6 Å². The summed E-state index contributed by atoms with van der Waals surface area (Å²) in [6, 6.07) is 6.83. The molecule has 3 nitrogen and oxygen atoms in total. The molecule has 1 aromatic rings. The number of nitrogens with zero attached hydrogens (tertiary/aromatic N) is 2. The Bertz CT molecular complexity index is 633. The summed E-state index contributed by atoms with van der Waals surface area (Å²) in [5, 5.41) is 8.95. The highest BCUT2D eigenvalue weighted by molar-refractivity contribution is 5.82. The number of carbonyl (C=O) groups is 1. The predicted octanol–water partition coefficient (Wildman–Crippen LogP) is 2.75. The quantitative estimate of drug-likeness (QED) is 0.738. The van der Waals surface area contributed by atoms with Crippen molar-refractivity contribution in [3.63, 3.8) is 0 Å². The first kappa shape index (κ1) is 13.9. The van der Waals surface area contributed by atoms with Crippen LogP contribution in [0.3, 0.4) is 0 Å². The molecule has 0 aromatic heterocycles. The summed E-state index contributed by atoms with van der Waals surface area (Å²) in [6.07, 6.45) is -3.07. The van der Waals surface area contributed by atoms with Crippen LogP contribution < -0.4 is 0 Å². The Morgan fingerprint density at radius 3 is 2.81 bits per heavy atom. The van der Waals surface area contributed by atoms with Gasteiger partial charge in [-0.3, -0.25) is 4.79 Å². The number of alkyl halides is 3. The van der Waals surface area contributed by atoms with Gasteiger partial charge in [-0.25, -0.2) is 0 Å². The average Bonchev–Trinajstić information content (AvgIpc) is 2.83. The largest absolute Gasteiger partial charge is 0.471 e. The van der Waals surface area contributed by atoms with Gasteiger partial charge < -0.3 is 4.90 Å². The lowest BCUT2D eigenvalue weighted by Crippen LogP contribution is -2.51. The van der Waals surface area contributed by atoms with Gasteiger partial charge >= 0.3 is 12.1 Å². The van der Waals surface area contributed by atoms with Gasteiger partial charge in [-0.05, 0) is 42.5 Å². The number of nitriles is 1. The zero-order valence-electron chi connectivity index (χ0n) is 11.2. The monoisotopic (exact) mass is 294 g/mol. The maximum absolute atomic E-state index is 12.7. The summed E-state index contributed by atoms with van der Waals surface area (Å²) >= 11 is 0. The Labute approximate surface area is 120 Å². The normalized spacial score (nSPS) is 24.2. The van der Waals surface area contributed by atoms with E-state index in [1.807, 2.05) is 6.07 Å². The molecule has 1 aliphatic carbocycles. The number of piperidine rings is 1. The van der Waals surface area contributed by atoms with E-state index in [9.17, 15) is 18.0 Å². The van der Waals surface area contributed by atoms with E-state index in [0.29, 0.717) is 18.4 Å². The second-order valence-corrected chi connectivity index (χ2v) is 5.54. The molecular formula is C15H13F3N2O. The van der Waals surface area contributed by atoms with Gasteiger partial charge in [-0.15, -0.1) is 0 Å². The number of carbonyl (C=O) groups excluding carboxylic acids is 1. The van der Waals surface area contributed by atoms with Gasteiger partial charge in [0.15, 0.2) is 0 Å². The summed E-state index contributed by atoms with van der Waals surface area (Å²) in [7, 11) is 0. The van der Waals surface area contributed by atoms with Crippen molar-refractivity contribution < 1.29 is 18.0 Å². The van der Waals surface area contributed by atoms with E-state index in [-0.39, 0.29) is 12.5 Å². The molecule has 2 unspecified atom stereocenters. The topological polar surface area (TPSA) is 44.1 Å². The van der Waals surface area contributed by atoms with Crippen LogP contribution in [-0.4, -0.2) is 29.6 Å². The molecule has 1 heterocycles. The summed E-state index contributed by atoms with van der Waals surface area (Å²) in [5.41, 5.74) is 2.39. The van der Waals surface area contributed by atoms with Crippen LogP contribution in [0.1, 0.15) is 35.4 Å². The fourth-order valence-corrected chi connectivity index (χ4v) is 3.51. The molecular weight excluding hydrogens is 281 g/mol. The van der Waals surface area contributed by atoms with E-state index in [0.717, 1.165) is 22.4 Å². The molecule has 1 fully saturated rings. The van der Waals surface area contributed by atoms with Crippen molar-refractivity contribution in [3.8, 4) is 6.07 Å². The van der Waals surface area contributed by atoms with E-state index >= 15 is 0 Å². The molecule has 2 atom stereocenters. The molecule has 0 spiro atoms. The molecule has 1 amide bonds. The molecule has 110 valence electrons. The van der Waals surface area contributed by atoms with Crippen LogP contribution in [0.15, 0.2) is 18.2 Å². The van der Waals surface area contributed by atoms with Gasteiger partial charge in [0.25, 0.3) is 0 Å². The molecule has 21 heavy (non-hydrogen) atoms. The van der Waals surface area contributed by atoms with E-state index in [1.165, 1.54) is 0 Å². The van der Waals surface area contributed by atoms with Gasteiger partial charge in [0.2, 0.25) is 0 Å². The predicted molar refractivity (Wildman–Crippen MR) is 68.4 cm³/mol. The summed E-state index contributed by atoms with van der Waals surface area (Å²) in [4.78, 5) is 12.6. The van der Waals surface area contributed by atoms with Crippen LogP contribution in [-0.2, 0) is 11.2 Å². The van der Waals surface area contributed by atoms with Crippen molar-refractivity contribution in [1.29, 1.82) is 5.26 Å². The highest BCUT2D eigenvalue weighted by Crippen LogP contribution is 2.43. The molecule has 3 rings (SSSR count). The van der Waals surface area contributed by atoms with E-state index in [4.69, 9.17) is 5.26 Å². The van der Waals surface area contributed by atoms with E-state index in [2.05, 4.69) is 0 Å². The van der Waals surface area contributed by atoms with Crippen LogP contribution in [0.4, 0.5) is 13.2 Å². The molecule has 0 saturated carbocycles. The molecule has 0 bridgehead atoms. The highest BCUT2D eigenvalue weighted by Gasteiger charge is 2.49. The first-order chi connectivity index (χ1) is 9.91. The maximum atomic E-state index is 12.7. The second-order valence-electron chi connectivity index (χ2n) is 5.54. The van der Waals surface area contributed by atoms with Crippen molar-refractivity contribution in [2.24, 2.45) is 0 Å². The number of fused-ring (bicyclic) bond motifs is 3. The molecule has 2 aliphatic rings. The zero-order chi connectivity index (χ0) is 15.2. The minimum Gasteiger partial charge on any atom is -0.331 e. The maximum Gasteiger partial charge on any atom is 0.471 e. The van der Waals surface area contributed by atoms with Crippen LogP contribution in [0.5, 0.6) is 0 Å². The van der Waals surface area contributed by atoms with Crippen molar-refractivity contribution >= 4 is 5.91 Å². The number of hydrogen-bond donors (Lipinski definition) is 0. The first-order valence-corrected chi connectivity index (χ1v) is 6.82. The number of amides is 1. The van der Waals surface area contributed by atoms with Crippen LogP contribution in [0.25, 0.3) is 0 Å². The Kier molecular flexibility index (Phi) is 3.16. The fraction of sp³-hybridized carbons (Fsp3) is 0.467. The van der Waals surface area contributed by atoms with E-state index in [1.54, 1.807) is 18.2 Å². The van der Waals surface area contributed by atoms with Gasteiger partial charge in [0.1, 0.15) is 0 Å². The molecule has 6 heteroatoms. The first-order valence-electron chi connectivity index (χ1n) is 6.82. The summed E-state index contributed by atoms with van der Waals surface area (Å²) in [5.74, 6) is -1.83. The lowest BCUT2D eigenvalue weighted by atomic mass is 9.88. The Morgan fingerprint density at radius 2 is 2.14 bits per heavy atom. The number of halogens is 3. The van der Waals surface area contributed by atoms with Gasteiger partial charge in [-0.2, -0.15) is 18.4 Å². The van der Waals surface area contributed by atoms with Crippen molar-refractivity contribution in [2.45, 2.75) is 37.4 Å². The standard InChI is InChI=1S/C15H13F3N2O/c16-15(17,18)14(21)20-5-1-2-11-12-6-9(8-19)3-4-10(12)7-13(11)20/h3-4,6,11,13H,1-2,5,7H2. The molecule has 0 radical (unpaired) electrons. The highest BCUT2D eigenvalue weighted by atomic mass is 19.4. The Balaban J connectivity index is 1.93. The molecule has 1 saturated heterocycles. The number of likely N-dealkylation sites (tertiary alicyclic amines) is 1. The number of benzene rings is 1. The van der Waals surface area contributed by atoms with Gasteiger partial charge in [-0.1, -0.05) is 6.07 Å². The second kappa shape index (κ2) is 4.76. The molecule has 1 aliphatic heterocycles. The number of rotatable bonds is 0. The minimum absolute atomic E-state index is 0.0895. The number of hydrogen-bond acceptors (Lipinski definition) is 2. The third-order valence-corrected chi connectivity index (χ3v) is 4.39. The third kappa shape index (κ3) is 2.27. The lowest BCUT2D eigenvalue weighted by Gasteiger charge is -2.38. The van der Waals surface area contributed by atoms with Crippen molar-refractivity contribution in [3.05, 3.63) is 34.9 Å². The smallest absolute Gasteiger partial charge is 0.331 e.